The molecule has 1 amide bonds. The summed E-state index contributed by atoms with van der Waals surface area (Å²) < 4.78 is 6.48. The molecule has 2 rings (SSSR count). The SMILES string of the molecule is Cc1ccc(Br)cc1NC(=O)CN=C(N)Nc1ccc(OC(C)C)cc1.I. The van der Waals surface area contributed by atoms with E-state index in [1.54, 1.807) is 0 Å². The molecule has 2 aromatic rings. The normalized spacial score (nSPS) is 10.9. The first kappa shape index (κ1) is 23.2. The van der Waals surface area contributed by atoms with Crippen LogP contribution in [0.1, 0.15) is 19.4 Å². The van der Waals surface area contributed by atoms with Gasteiger partial charge in [-0.3, -0.25) is 4.79 Å². The predicted molar refractivity (Wildman–Crippen MR) is 125 cm³/mol. The van der Waals surface area contributed by atoms with Gasteiger partial charge in [0.2, 0.25) is 5.91 Å². The van der Waals surface area contributed by atoms with Crippen LogP contribution in [0.25, 0.3) is 0 Å². The third-order valence-corrected chi connectivity index (χ3v) is 3.86. The van der Waals surface area contributed by atoms with Crippen LogP contribution in [0.15, 0.2) is 51.9 Å². The van der Waals surface area contributed by atoms with Gasteiger partial charge in [0.25, 0.3) is 0 Å². The van der Waals surface area contributed by atoms with Crippen molar-refractivity contribution < 1.29 is 9.53 Å². The Morgan fingerprint density at radius 1 is 1.19 bits per heavy atom. The van der Waals surface area contributed by atoms with Gasteiger partial charge in [0, 0.05) is 15.8 Å². The number of carbonyl (C=O) groups excluding carboxylic acids is 1. The molecule has 0 aliphatic carbocycles. The Hall–Kier alpha value is -1.81. The standard InChI is InChI=1S/C19H23BrN4O2.HI/c1-12(2)26-16-8-6-15(7-9-16)23-19(21)22-11-18(25)24-17-10-14(20)5-4-13(17)3;/h4-10,12H,11H2,1-3H3,(H,24,25)(H3,21,22,23);1H. The summed E-state index contributed by atoms with van der Waals surface area (Å²) in [6.45, 7) is 5.79. The van der Waals surface area contributed by atoms with Crippen LogP contribution < -0.4 is 21.1 Å². The lowest BCUT2D eigenvalue weighted by molar-refractivity contribution is -0.114. The fraction of sp³-hybridized carbons (Fsp3) is 0.263. The molecule has 0 spiro atoms. The molecule has 6 nitrogen and oxygen atoms in total. The number of nitrogens with two attached hydrogens (primary N) is 1. The maximum absolute atomic E-state index is 12.0. The molecule has 0 heterocycles. The largest absolute Gasteiger partial charge is 0.491 e. The van der Waals surface area contributed by atoms with Gasteiger partial charge in [-0.25, -0.2) is 4.99 Å². The van der Waals surface area contributed by atoms with E-state index in [9.17, 15) is 4.79 Å². The number of aryl methyl sites for hydroxylation is 1. The Labute approximate surface area is 185 Å². The Kier molecular flexibility index (Phi) is 9.57. The molecular weight excluding hydrogens is 523 g/mol. The first-order valence-corrected chi connectivity index (χ1v) is 9.02. The minimum Gasteiger partial charge on any atom is -0.491 e. The van der Waals surface area contributed by atoms with Crippen molar-refractivity contribution in [3.63, 3.8) is 0 Å². The predicted octanol–water partition coefficient (Wildman–Crippen LogP) is 4.53. The van der Waals surface area contributed by atoms with Crippen molar-refractivity contribution in [1.82, 2.24) is 0 Å². The van der Waals surface area contributed by atoms with Crippen LogP contribution in [0.5, 0.6) is 5.75 Å². The Bertz CT molecular complexity index is 795. The van der Waals surface area contributed by atoms with Gasteiger partial charge in [-0.2, -0.15) is 0 Å². The molecule has 0 unspecified atom stereocenters. The van der Waals surface area contributed by atoms with Crippen LogP contribution in [-0.2, 0) is 4.79 Å². The van der Waals surface area contributed by atoms with E-state index in [-0.39, 0.29) is 48.5 Å². The zero-order valence-electron chi connectivity index (χ0n) is 15.5. The van der Waals surface area contributed by atoms with Crippen LogP contribution in [0.2, 0.25) is 0 Å². The number of rotatable bonds is 6. The molecule has 8 heteroatoms. The van der Waals surface area contributed by atoms with Gasteiger partial charge in [-0.15, -0.1) is 24.0 Å². The first-order valence-electron chi connectivity index (χ1n) is 8.23. The van der Waals surface area contributed by atoms with E-state index < -0.39 is 0 Å². The molecular formula is C19H24BrIN4O2. The van der Waals surface area contributed by atoms with Crippen molar-refractivity contribution in [1.29, 1.82) is 0 Å². The Balaban J connectivity index is 0.00000364. The molecule has 0 radical (unpaired) electrons. The number of anilines is 2. The quantitative estimate of drug-likeness (QED) is 0.282. The van der Waals surface area contributed by atoms with E-state index in [2.05, 4.69) is 31.6 Å². The lowest BCUT2D eigenvalue weighted by atomic mass is 10.2. The van der Waals surface area contributed by atoms with Gasteiger partial charge >= 0.3 is 0 Å². The number of aliphatic imine (C=N–C) groups is 1. The first-order chi connectivity index (χ1) is 12.3. The summed E-state index contributed by atoms with van der Waals surface area (Å²) in [5.74, 6) is 0.713. The minimum atomic E-state index is -0.239. The number of nitrogens with one attached hydrogen (secondary N) is 2. The molecule has 0 saturated carbocycles. The summed E-state index contributed by atoms with van der Waals surface area (Å²) in [6, 6.07) is 13.1. The molecule has 4 N–H and O–H groups in total. The number of halogens is 2. The van der Waals surface area contributed by atoms with Crippen molar-refractivity contribution in [2.24, 2.45) is 10.7 Å². The third kappa shape index (κ3) is 8.17. The smallest absolute Gasteiger partial charge is 0.246 e. The summed E-state index contributed by atoms with van der Waals surface area (Å²) in [5, 5.41) is 5.77. The second-order valence-electron chi connectivity index (χ2n) is 6.02. The number of amides is 1. The number of nitrogens with zero attached hydrogens (tertiary/aromatic N) is 1. The summed E-state index contributed by atoms with van der Waals surface area (Å²) in [5.41, 5.74) is 8.32. The van der Waals surface area contributed by atoms with Crippen molar-refractivity contribution in [2.75, 3.05) is 17.2 Å². The summed E-state index contributed by atoms with van der Waals surface area (Å²) in [4.78, 5) is 16.1. The lowest BCUT2D eigenvalue weighted by Crippen LogP contribution is -2.25. The van der Waals surface area contributed by atoms with E-state index in [1.807, 2.05) is 63.2 Å². The molecule has 0 aliphatic heterocycles. The lowest BCUT2D eigenvalue weighted by Gasteiger charge is -2.11. The van der Waals surface area contributed by atoms with Crippen LogP contribution in [0.3, 0.4) is 0 Å². The average Bonchev–Trinajstić information content (AvgIpc) is 2.58. The third-order valence-electron chi connectivity index (χ3n) is 3.37. The van der Waals surface area contributed by atoms with E-state index in [0.29, 0.717) is 0 Å². The van der Waals surface area contributed by atoms with E-state index in [0.717, 1.165) is 27.2 Å². The van der Waals surface area contributed by atoms with Gasteiger partial charge in [0.1, 0.15) is 12.3 Å². The van der Waals surface area contributed by atoms with Gasteiger partial charge in [0.15, 0.2) is 5.96 Å². The van der Waals surface area contributed by atoms with Crippen LogP contribution in [0, 0.1) is 6.92 Å². The van der Waals surface area contributed by atoms with Crippen LogP contribution in [-0.4, -0.2) is 24.5 Å². The van der Waals surface area contributed by atoms with Gasteiger partial charge in [-0.05, 0) is 62.7 Å². The number of guanidine groups is 1. The van der Waals surface area contributed by atoms with E-state index >= 15 is 0 Å². The molecule has 2 aromatic carbocycles. The van der Waals surface area contributed by atoms with Crippen molar-refractivity contribution in [3.8, 4) is 5.75 Å². The highest BCUT2D eigenvalue weighted by Crippen LogP contribution is 2.20. The van der Waals surface area contributed by atoms with Crippen molar-refractivity contribution in [2.45, 2.75) is 26.9 Å². The molecule has 146 valence electrons. The highest BCUT2D eigenvalue weighted by Gasteiger charge is 2.05. The molecule has 0 bridgehead atoms. The number of hydrogen-bond acceptors (Lipinski definition) is 3. The highest BCUT2D eigenvalue weighted by atomic mass is 127. The monoisotopic (exact) mass is 546 g/mol. The summed E-state index contributed by atoms with van der Waals surface area (Å²) >= 11 is 3.39. The topological polar surface area (TPSA) is 88.7 Å². The van der Waals surface area contributed by atoms with Crippen molar-refractivity contribution >= 4 is 63.1 Å². The maximum Gasteiger partial charge on any atom is 0.246 e. The number of benzene rings is 2. The van der Waals surface area contributed by atoms with Crippen molar-refractivity contribution in [3.05, 3.63) is 52.5 Å². The zero-order chi connectivity index (χ0) is 19.1. The van der Waals surface area contributed by atoms with Crippen LogP contribution in [0.4, 0.5) is 11.4 Å². The molecule has 0 aliphatic rings. The van der Waals surface area contributed by atoms with Gasteiger partial charge in [0.05, 0.1) is 6.10 Å². The maximum atomic E-state index is 12.0. The molecule has 0 atom stereocenters. The molecule has 0 saturated heterocycles. The molecule has 0 aromatic heterocycles. The fourth-order valence-electron chi connectivity index (χ4n) is 2.15. The second kappa shape index (κ2) is 11.1. The van der Waals surface area contributed by atoms with E-state index in [4.69, 9.17) is 10.5 Å². The Morgan fingerprint density at radius 2 is 1.85 bits per heavy atom. The Morgan fingerprint density at radius 3 is 2.48 bits per heavy atom. The van der Waals surface area contributed by atoms with Gasteiger partial charge in [-0.1, -0.05) is 22.0 Å². The second-order valence-corrected chi connectivity index (χ2v) is 6.94. The zero-order valence-corrected chi connectivity index (χ0v) is 19.4. The van der Waals surface area contributed by atoms with Gasteiger partial charge < -0.3 is 21.1 Å². The number of hydrogen-bond donors (Lipinski definition) is 3. The number of ether oxygens (including phenoxy) is 1. The molecule has 0 fully saturated rings. The summed E-state index contributed by atoms with van der Waals surface area (Å²) in [7, 11) is 0. The fourth-order valence-corrected chi connectivity index (χ4v) is 2.51. The summed E-state index contributed by atoms with van der Waals surface area (Å²) in [6.07, 6.45) is 0.118. The number of carbonyl (C=O) groups is 1. The average molecular weight is 547 g/mol. The highest BCUT2D eigenvalue weighted by molar-refractivity contribution is 14.0. The minimum absolute atomic E-state index is 0. The van der Waals surface area contributed by atoms with Crippen LogP contribution >= 0.6 is 39.9 Å². The van der Waals surface area contributed by atoms with E-state index in [1.165, 1.54) is 0 Å². The molecule has 27 heavy (non-hydrogen) atoms.